The lowest BCUT2D eigenvalue weighted by Gasteiger charge is -2.25. The SMILES string of the molecule is O=c1o[nH]c(-c2ccccc2)c1CN1CCOCC1. The number of hydrogen-bond donors (Lipinski definition) is 1. The van der Waals surface area contributed by atoms with Crippen LogP contribution in [0.4, 0.5) is 0 Å². The molecule has 1 aliphatic rings. The Bertz CT molecular complexity index is 582. The van der Waals surface area contributed by atoms with Crippen molar-refractivity contribution in [3.05, 3.63) is 46.3 Å². The Morgan fingerprint density at radius 3 is 2.63 bits per heavy atom. The van der Waals surface area contributed by atoms with Gasteiger partial charge in [-0.05, 0) is 0 Å². The summed E-state index contributed by atoms with van der Waals surface area (Å²) in [6.45, 7) is 3.73. The minimum absolute atomic E-state index is 0.287. The number of ether oxygens (including phenoxy) is 1. The molecule has 19 heavy (non-hydrogen) atoms. The third-order valence-electron chi connectivity index (χ3n) is 3.34. The molecule has 0 bridgehead atoms. The van der Waals surface area contributed by atoms with Gasteiger partial charge in [0.1, 0.15) is 0 Å². The molecular weight excluding hydrogens is 244 g/mol. The van der Waals surface area contributed by atoms with Crippen molar-refractivity contribution < 1.29 is 9.26 Å². The topological polar surface area (TPSA) is 58.5 Å². The van der Waals surface area contributed by atoms with Gasteiger partial charge in [-0.2, -0.15) is 0 Å². The quantitative estimate of drug-likeness (QED) is 0.908. The molecule has 0 saturated carbocycles. The molecule has 1 aromatic heterocycles. The van der Waals surface area contributed by atoms with E-state index in [9.17, 15) is 4.79 Å². The van der Waals surface area contributed by atoms with E-state index in [-0.39, 0.29) is 5.63 Å². The molecule has 0 amide bonds. The van der Waals surface area contributed by atoms with Crippen molar-refractivity contribution >= 4 is 0 Å². The maximum Gasteiger partial charge on any atom is 0.362 e. The van der Waals surface area contributed by atoms with E-state index >= 15 is 0 Å². The molecule has 0 unspecified atom stereocenters. The summed E-state index contributed by atoms with van der Waals surface area (Å²) < 4.78 is 10.3. The van der Waals surface area contributed by atoms with Crippen molar-refractivity contribution in [2.24, 2.45) is 0 Å². The highest BCUT2D eigenvalue weighted by molar-refractivity contribution is 5.61. The van der Waals surface area contributed by atoms with E-state index in [1.807, 2.05) is 30.3 Å². The van der Waals surface area contributed by atoms with E-state index in [1.165, 1.54) is 0 Å². The maximum atomic E-state index is 11.8. The molecule has 5 nitrogen and oxygen atoms in total. The summed E-state index contributed by atoms with van der Waals surface area (Å²) in [5.74, 6) is 0. The number of aromatic amines is 1. The third kappa shape index (κ3) is 2.62. The first-order chi connectivity index (χ1) is 9.34. The number of nitrogens with zero attached hydrogens (tertiary/aromatic N) is 1. The third-order valence-corrected chi connectivity index (χ3v) is 3.34. The number of aromatic nitrogens is 1. The molecule has 1 N–H and O–H groups in total. The average Bonchev–Trinajstić information content (AvgIpc) is 2.82. The van der Waals surface area contributed by atoms with Crippen LogP contribution in [0.15, 0.2) is 39.6 Å². The Kier molecular flexibility index (Phi) is 3.48. The number of rotatable bonds is 3. The lowest BCUT2D eigenvalue weighted by atomic mass is 10.1. The van der Waals surface area contributed by atoms with Crippen molar-refractivity contribution in [2.45, 2.75) is 6.54 Å². The fraction of sp³-hybridized carbons (Fsp3) is 0.357. The molecule has 0 atom stereocenters. The molecule has 5 heteroatoms. The minimum atomic E-state index is -0.287. The fourth-order valence-corrected chi connectivity index (χ4v) is 2.29. The Morgan fingerprint density at radius 1 is 1.16 bits per heavy atom. The molecule has 0 spiro atoms. The Labute approximate surface area is 110 Å². The minimum Gasteiger partial charge on any atom is -0.379 e. The largest absolute Gasteiger partial charge is 0.379 e. The van der Waals surface area contributed by atoms with E-state index in [0.29, 0.717) is 12.1 Å². The van der Waals surface area contributed by atoms with Crippen LogP contribution in [0, 0.1) is 0 Å². The van der Waals surface area contributed by atoms with Gasteiger partial charge in [0.25, 0.3) is 0 Å². The Balaban J connectivity index is 1.88. The standard InChI is InChI=1S/C14H16N2O3/c17-14-12(10-16-6-8-18-9-7-16)13(15-19-14)11-4-2-1-3-5-11/h1-5,15H,6-10H2. The zero-order chi connectivity index (χ0) is 13.1. The van der Waals surface area contributed by atoms with Gasteiger partial charge >= 0.3 is 5.63 Å². The second-order valence-electron chi connectivity index (χ2n) is 4.60. The second kappa shape index (κ2) is 5.42. The van der Waals surface area contributed by atoms with Crippen molar-refractivity contribution in [3.63, 3.8) is 0 Å². The molecule has 1 aliphatic heterocycles. The van der Waals surface area contributed by atoms with Gasteiger partial charge in [-0.3, -0.25) is 4.90 Å². The van der Waals surface area contributed by atoms with Crippen LogP contribution >= 0.6 is 0 Å². The first kappa shape index (κ1) is 12.2. The summed E-state index contributed by atoms with van der Waals surface area (Å²) in [6, 6.07) is 9.76. The number of morpholine rings is 1. The van der Waals surface area contributed by atoms with Crippen molar-refractivity contribution in [2.75, 3.05) is 26.3 Å². The lowest BCUT2D eigenvalue weighted by molar-refractivity contribution is 0.0340. The first-order valence-corrected chi connectivity index (χ1v) is 6.40. The molecule has 2 heterocycles. The highest BCUT2D eigenvalue weighted by Crippen LogP contribution is 2.20. The highest BCUT2D eigenvalue weighted by atomic mass is 16.5. The van der Waals surface area contributed by atoms with Gasteiger partial charge in [-0.25, -0.2) is 9.95 Å². The van der Waals surface area contributed by atoms with Gasteiger partial charge in [0.05, 0.1) is 24.5 Å². The van der Waals surface area contributed by atoms with Gasteiger partial charge < -0.3 is 9.26 Å². The van der Waals surface area contributed by atoms with Crippen molar-refractivity contribution in [1.29, 1.82) is 0 Å². The summed E-state index contributed by atoms with van der Waals surface area (Å²) in [7, 11) is 0. The van der Waals surface area contributed by atoms with Crippen LogP contribution in [0.2, 0.25) is 0 Å². The lowest BCUT2D eigenvalue weighted by Crippen LogP contribution is -2.36. The zero-order valence-electron chi connectivity index (χ0n) is 10.6. The summed E-state index contributed by atoms with van der Waals surface area (Å²) in [4.78, 5) is 14.0. The summed E-state index contributed by atoms with van der Waals surface area (Å²) in [5.41, 5.74) is 2.15. The predicted octanol–water partition coefficient (Wildman–Crippen LogP) is 1.47. The molecule has 3 rings (SSSR count). The van der Waals surface area contributed by atoms with E-state index in [1.54, 1.807) is 0 Å². The van der Waals surface area contributed by atoms with Gasteiger partial charge in [0.15, 0.2) is 0 Å². The van der Waals surface area contributed by atoms with Crippen LogP contribution in [0.5, 0.6) is 0 Å². The fourth-order valence-electron chi connectivity index (χ4n) is 2.29. The smallest absolute Gasteiger partial charge is 0.362 e. The second-order valence-corrected chi connectivity index (χ2v) is 4.60. The number of nitrogens with one attached hydrogen (secondary N) is 1. The van der Waals surface area contributed by atoms with Crippen LogP contribution in [0.1, 0.15) is 5.56 Å². The van der Waals surface area contributed by atoms with Crippen LogP contribution in [-0.2, 0) is 11.3 Å². The summed E-state index contributed by atoms with van der Waals surface area (Å²) >= 11 is 0. The van der Waals surface area contributed by atoms with E-state index in [4.69, 9.17) is 9.26 Å². The van der Waals surface area contributed by atoms with Gasteiger partial charge in [-0.1, -0.05) is 30.3 Å². The molecule has 0 radical (unpaired) electrons. The highest BCUT2D eigenvalue weighted by Gasteiger charge is 2.18. The Morgan fingerprint density at radius 2 is 1.89 bits per heavy atom. The van der Waals surface area contributed by atoms with Crippen LogP contribution in [0.3, 0.4) is 0 Å². The molecule has 1 saturated heterocycles. The van der Waals surface area contributed by atoms with E-state index < -0.39 is 0 Å². The van der Waals surface area contributed by atoms with E-state index in [2.05, 4.69) is 10.1 Å². The normalized spacial score (nSPS) is 16.6. The Hall–Kier alpha value is -1.85. The number of hydrogen-bond acceptors (Lipinski definition) is 4. The van der Waals surface area contributed by atoms with Crippen molar-refractivity contribution in [3.8, 4) is 11.3 Å². The van der Waals surface area contributed by atoms with Gasteiger partial charge in [0.2, 0.25) is 0 Å². The molecule has 1 aromatic carbocycles. The molecule has 0 aliphatic carbocycles. The summed E-state index contributed by atoms with van der Waals surface area (Å²) in [6.07, 6.45) is 0. The summed E-state index contributed by atoms with van der Waals surface area (Å²) in [5, 5.41) is 2.73. The zero-order valence-corrected chi connectivity index (χ0v) is 10.6. The molecular formula is C14H16N2O3. The molecule has 100 valence electrons. The monoisotopic (exact) mass is 260 g/mol. The predicted molar refractivity (Wildman–Crippen MR) is 70.9 cm³/mol. The molecule has 1 fully saturated rings. The average molecular weight is 260 g/mol. The first-order valence-electron chi connectivity index (χ1n) is 6.40. The van der Waals surface area contributed by atoms with Crippen molar-refractivity contribution in [1.82, 2.24) is 10.1 Å². The van der Waals surface area contributed by atoms with Crippen LogP contribution < -0.4 is 5.63 Å². The number of benzene rings is 1. The van der Waals surface area contributed by atoms with Crippen LogP contribution in [0.25, 0.3) is 11.3 Å². The molecule has 2 aromatic rings. The van der Waals surface area contributed by atoms with Gasteiger partial charge in [-0.15, -0.1) is 0 Å². The van der Waals surface area contributed by atoms with E-state index in [0.717, 1.165) is 37.6 Å². The van der Waals surface area contributed by atoms with Gasteiger partial charge in [0, 0.05) is 25.2 Å². The number of H-pyrrole nitrogens is 1. The van der Waals surface area contributed by atoms with Crippen LogP contribution in [-0.4, -0.2) is 36.4 Å². The maximum absolute atomic E-state index is 11.8.